The van der Waals surface area contributed by atoms with E-state index in [-0.39, 0.29) is 6.04 Å². The topological polar surface area (TPSA) is 29.9 Å². The molecule has 1 unspecified atom stereocenters. The van der Waals surface area contributed by atoms with Crippen LogP contribution in [0.5, 0.6) is 0 Å². The zero-order chi connectivity index (χ0) is 15.4. The Kier molecular flexibility index (Phi) is 6.29. The third-order valence-corrected chi connectivity index (χ3v) is 5.05. The molecule has 1 atom stereocenters. The van der Waals surface area contributed by atoms with Crippen molar-refractivity contribution >= 4 is 43.5 Å². The first-order valence-electron chi connectivity index (χ1n) is 6.98. The minimum absolute atomic E-state index is 0.0759. The highest BCUT2D eigenvalue weighted by Crippen LogP contribution is 2.32. The van der Waals surface area contributed by atoms with E-state index in [2.05, 4.69) is 72.9 Å². The zero-order valence-corrected chi connectivity index (χ0v) is 16.0. The summed E-state index contributed by atoms with van der Waals surface area (Å²) in [4.78, 5) is 0. The van der Waals surface area contributed by atoms with E-state index in [9.17, 15) is 0 Å². The van der Waals surface area contributed by atoms with Gasteiger partial charge in [-0.05, 0) is 62.5 Å². The highest BCUT2D eigenvalue weighted by Gasteiger charge is 2.21. The van der Waals surface area contributed by atoms with Crippen molar-refractivity contribution in [2.45, 2.75) is 32.9 Å². The van der Waals surface area contributed by atoms with Gasteiger partial charge in [0.15, 0.2) is 0 Å². The second kappa shape index (κ2) is 7.77. The lowest BCUT2D eigenvalue weighted by Gasteiger charge is -2.21. The molecule has 2 aromatic rings. The summed E-state index contributed by atoms with van der Waals surface area (Å²) >= 11 is 13.2. The van der Waals surface area contributed by atoms with E-state index in [0.717, 1.165) is 44.7 Å². The van der Waals surface area contributed by atoms with Gasteiger partial charge >= 0.3 is 0 Å². The van der Waals surface area contributed by atoms with E-state index in [4.69, 9.17) is 11.6 Å². The molecule has 0 amide bonds. The van der Waals surface area contributed by atoms with Gasteiger partial charge in [-0.25, -0.2) is 0 Å². The van der Waals surface area contributed by atoms with Gasteiger partial charge in [-0.1, -0.05) is 31.5 Å². The SMILES string of the molecule is CCCn1ncc(Br)c1C(NCC)c1ccc(Cl)c(Br)c1. The van der Waals surface area contributed by atoms with Gasteiger partial charge in [-0.2, -0.15) is 5.10 Å². The maximum absolute atomic E-state index is 6.11. The molecule has 1 aromatic heterocycles. The van der Waals surface area contributed by atoms with E-state index in [1.54, 1.807) is 0 Å². The molecule has 0 spiro atoms. The summed E-state index contributed by atoms with van der Waals surface area (Å²) in [6.07, 6.45) is 2.91. The third-order valence-electron chi connectivity index (χ3n) is 3.23. The van der Waals surface area contributed by atoms with E-state index in [0.29, 0.717) is 0 Å². The van der Waals surface area contributed by atoms with Crippen LogP contribution in [0.2, 0.25) is 5.02 Å². The van der Waals surface area contributed by atoms with Gasteiger partial charge in [0.05, 0.1) is 27.4 Å². The van der Waals surface area contributed by atoms with Gasteiger partial charge in [-0.3, -0.25) is 4.68 Å². The van der Waals surface area contributed by atoms with Gasteiger partial charge in [-0.15, -0.1) is 0 Å². The lowest BCUT2D eigenvalue weighted by molar-refractivity contribution is 0.519. The fourth-order valence-electron chi connectivity index (χ4n) is 2.32. The van der Waals surface area contributed by atoms with E-state index in [1.807, 2.05) is 12.3 Å². The molecule has 0 aliphatic rings. The lowest BCUT2D eigenvalue weighted by Crippen LogP contribution is -2.25. The molecule has 0 saturated carbocycles. The zero-order valence-electron chi connectivity index (χ0n) is 12.0. The van der Waals surface area contributed by atoms with Crippen LogP contribution in [0.1, 0.15) is 37.6 Å². The van der Waals surface area contributed by atoms with Crippen molar-refractivity contribution in [3.8, 4) is 0 Å². The predicted octanol–water partition coefficient (Wildman–Crippen LogP) is 5.17. The summed E-state index contributed by atoms with van der Waals surface area (Å²) in [5.41, 5.74) is 2.31. The van der Waals surface area contributed by atoms with Crippen LogP contribution in [0.25, 0.3) is 0 Å². The van der Waals surface area contributed by atoms with Crippen molar-refractivity contribution in [3.63, 3.8) is 0 Å². The number of hydrogen-bond donors (Lipinski definition) is 1. The van der Waals surface area contributed by atoms with Crippen LogP contribution in [0.3, 0.4) is 0 Å². The van der Waals surface area contributed by atoms with Crippen LogP contribution in [0.15, 0.2) is 33.3 Å². The maximum Gasteiger partial charge on any atom is 0.0760 e. The predicted molar refractivity (Wildman–Crippen MR) is 94.9 cm³/mol. The fourth-order valence-corrected chi connectivity index (χ4v) is 3.36. The standard InChI is InChI=1S/C15H18Br2ClN3/c1-3-7-21-15(12(17)9-20-21)14(19-4-2)10-5-6-13(18)11(16)8-10/h5-6,8-9,14,19H,3-4,7H2,1-2H3. The highest BCUT2D eigenvalue weighted by molar-refractivity contribution is 9.10. The maximum atomic E-state index is 6.11. The van der Waals surface area contributed by atoms with Crippen LogP contribution in [-0.2, 0) is 6.54 Å². The summed E-state index contributed by atoms with van der Waals surface area (Å²) in [6.45, 7) is 6.03. The Bertz CT molecular complexity index is 613. The fraction of sp³-hybridized carbons (Fsp3) is 0.400. The molecule has 2 rings (SSSR count). The molecule has 1 N–H and O–H groups in total. The largest absolute Gasteiger partial charge is 0.305 e. The van der Waals surface area contributed by atoms with Gasteiger partial charge in [0.1, 0.15) is 0 Å². The summed E-state index contributed by atoms with van der Waals surface area (Å²) < 4.78 is 3.98. The van der Waals surface area contributed by atoms with Gasteiger partial charge in [0.2, 0.25) is 0 Å². The molecule has 0 radical (unpaired) electrons. The number of aromatic nitrogens is 2. The van der Waals surface area contributed by atoms with Crippen LogP contribution >= 0.6 is 43.5 Å². The normalized spacial score (nSPS) is 12.6. The van der Waals surface area contributed by atoms with Gasteiger partial charge in [0, 0.05) is 11.0 Å². The number of halogens is 3. The molecule has 0 aliphatic heterocycles. The van der Waals surface area contributed by atoms with E-state index < -0.39 is 0 Å². The Morgan fingerprint density at radius 1 is 1.29 bits per heavy atom. The van der Waals surface area contributed by atoms with Crippen LogP contribution in [-0.4, -0.2) is 16.3 Å². The molecule has 21 heavy (non-hydrogen) atoms. The second-order valence-corrected chi connectivity index (χ2v) is 6.88. The molecule has 1 heterocycles. The van der Waals surface area contributed by atoms with Crippen LogP contribution in [0, 0.1) is 0 Å². The molecular formula is C15H18Br2ClN3. The van der Waals surface area contributed by atoms with Gasteiger partial charge < -0.3 is 5.32 Å². The Labute approximate surface area is 147 Å². The summed E-state index contributed by atoms with van der Waals surface area (Å²) in [7, 11) is 0. The molecule has 0 bridgehead atoms. The molecule has 0 aliphatic carbocycles. The number of benzene rings is 1. The highest BCUT2D eigenvalue weighted by atomic mass is 79.9. The molecule has 6 heteroatoms. The Balaban J connectivity index is 2.47. The lowest BCUT2D eigenvalue weighted by atomic mass is 10.0. The Hall–Kier alpha value is -0.360. The molecule has 114 valence electrons. The number of rotatable bonds is 6. The second-order valence-electron chi connectivity index (χ2n) is 4.77. The van der Waals surface area contributed by atoms with Gasteiger partial charge in [0.25, 0.3) is 0 Å². The van der Waals surface area contributed by atoms with Crippen LogP contribution in [0.4, 0.5) is 0 Å². The quantitative estimate of drug-likeness (QED) is 0.678. The molecular weight excluding hydrogens is 417 g/mol. The number of hydrogen-bond acceptors (Lipinski definition) is 2. The molecule has 0 fully saturated rings. The van der Waals surface area contributed by atoms with Crippen LogP contribution < -0.4 is 5.32 Å². The molecule has 0 saturated heterocycles. The number of nitrogens with one attached hydrogen (secondary N) is 1. The monoisotopic (exact) mass is 433 g/mol. The van der Waals surface area contributed by atoms with Crippen molar-refractivity contribution in [3.05, 3.63) is 49.6 Å². The summed E-state index contributed by atoms with van der Waals surface area (Å²) in [5, 5.41) is 8.72. The number of nitrogens with zero attached hydrogens (tertiary/aromatic N) is 2. The van der Waals surface area contributed by atoms with Crippen molar-refractivity contribution in [1.82, 2.24) is 15.1 Å². The van der Waals surface area contributed by atoms with Crippen molar-refractivity contribution in [2.24, 2.45) is 0 Å². The van der Waals surface area contributed by atoms with E-state index in [1.165, 1.54) is 0 Å². The Morgan fingerprint density at radius 3 is 2.67 bits per heavy atom. The summed E-state index contributed by atoms with van der Waals surface area (Å²) in [5.74, 6) is 0. The van der Waals surface area contributed by atoms with Crippen molar-refractivity contribution < 1.29 is 0 Å². The summed E-state index contributed by atoms with van der Waals surface area (Å²) in [6, 6.07) is 6.10. The Morgan fingerprint density at radius 2 is 2.05 bits per heavy atom. The third kappa shape index (κ3) is 3.89. The average molecular weight is 436 g/mol. The minimum atomic E-state index is 0.0759. The van der Waals surface area contributed by atoms with E-state index >= 15 is 0 Å². The first-order valence-corrected chi connectivity index (χ1v) is 8.94. The van der Waals surface area contributed by atoms with Crippen molar-refractivity contribution in [1.29, 1.82) is 0 Å². The smallest absolute Gasteiger partial charge is 0.0760 e. The first kappa shape index (κ1) is 17.0. The molecule has 1 aromatic carbocycles. The average Bonchev–Trinajstić information content (AvgIpc) is 2.81. The van der Waals surface area contributed by atoms with Crippen molar-refractivity contribution in [2.75, 3.05) is 6.54 Å². The first-order chi connectivity index (χ1) is 10.1. The number of aryl methyl sites for hydroxylation is 1. The minimum Gasteiger partial charge on any atom is -0.305 e. The molecule has 3 nitrogen and oxygen atoms in total.